The highest BCUT2D eigenvalue weighted by atomic mass is 79.9. The van der Waals surface area contributed by atoms with Crippen LogP contribution >= 0.6 is 15.9 Å². The van der Waals surface area contributed by atoms with E-state index in [1.807, 2.05) is 30.3 Å². The molecule has 3 aromatic rings. The molecule has 1 aromatic carbocycles. The van der Waals surface area contributed by atoms with Crippen molar-refractivity contribution in [3.63, 3.8) is 0 Å². The van der Waals surface area contributed by atoms with Crippen molar-refractivity contribution in [3.05, 3.63) is 40.6 Å². The Kier molecular flexibility index (Phi) is 3.41. The lowest BCUT2D eigenvalue weighted by Gasteiger charge is -2.11. The van der Waals surface area contributed by atoms with Gasteiger partial charge in [0.2, 0.25) is 5.89 Å². The molecule has 0 amide bonds. The second-order valence-electron chi connectivity index (χ2n) is 5.72. The number of benzene rings is 1. The topological polar surface area (TPSA) is 65.0 Å². The maximum atomic E-state index is 5.69. The van der Waals surface area contributed by atoms with Gasteiger partial charge >= 0.3 is 0 Å². The summed E-state index contributed by atoms with van der Waals surface area (Å²) in [5, 5.41) is 12.1. The van der Waals surface area contributed by atoms with E-state index in [0.717, 1.165) is 15.8 Å². The molecular weight excluding hydrogens is 334 g/mol. The molecule has 21 heavy (non-hydrogen) atoms. The van der Waals surface area contributed by atoms with Crippen molar-refractivity contribution in [3.8, 4) is 23.0 Å². The van der Waals surface area contributed by atoms with Crippen LogP contribution in [-0.2, 0) is 5.41 Å². The van der Waals surface area contributed by atoms with Crippen LogP contribution in [0.5, 0.6) is 0 Å². The zero-order valence-corrected chi connectivity index (χ0v) is 13.5. The summed E-state index contributed by atoms with van der Waals surface area (Å²) in [6.07, 6.45) is 0. The van der Waals surface area contributed by atoms with Gasteiger partial charge in [0.25, 0.3) is 5.89 Å². The van der Waals surface area contributed by atoms with Crippen LogP contribution in [0.25, 0.3) is 23.0 Å². The molecule has 108 valence electrons. The molecule has 0 saturated heterocycles. The lowest BCUT2D eigenvalue weighted by atomic mass is 9.93. The molecule has 5 nitrogen and oxygen atoms in total. The standard InChI is InChI=1S/C15H14BrN3O2/c1-15(2,3)12-8-11(19-21-12)14-18-17-13(20-14)9-6-4-5-7-10(9)16/h4-8H,1-3H3. The number of halogens is 1. The zero-order valence-electron chi connectivity index (χ0n) is 11.9. The first-order valence-corrected chi connectivity index (χ1v) is 7.30. The summed E-state index contributed by atoms with van der Waals surface area (Å²) in [4.78, 5) is 0. The lowest BCUT2D eigenvalue weighted by molar-refractivity contribution is 0.329. The average Bonchev–Trinajstić information content (AvgIpc) is 3.07. The van der Waals surface area contributed by atoms with Crippen LogP contribution in [0.2, 0.25) is 0 Å². The Hall–Kier alpha value is -1.95. The molecule has 0 aliphatic rings. The molecule has 0 saturated carbocycles. The van der Waals surface area contributed by atoms with Gasteiger partial charge in [-0.25, -0.2) is 0 Å². The third kappa shape index (κ3) is 2.76. The van der Waals surface area contributed by atoms with Crippen molar-refractivity contribution >= 4 is 15.9 Å². The van der Waals surface area contributed by atoms with E-state index >= 15 is 0 Å². The van der Waals surface area contributed by atoms with Crippen molar-refractivity contribution in [2.24, 2.45) is 0 Å². The summed E-state index contributed by atoms with van der Waals surface area (Å²) in [5.41, 5.74) is 1.28. The van der Waals surface area contributed by atoms with Crippen molar-refractivity contribution in [1.29, 1.82) is 0 Å². The lowest BCUT2D eigenvalue weighted by Crippen LogP contribution is -2.09. The first-order chi connectivity index (χ1) is 9.95. The normalized spacial score (nSPS) is 11.8. The van der Waals surface area contributed by atoms with Gasteiger partial charge in [-0.3, -0.25) is 0 Å². The summed E-state index contributed by atoms with van der Waals surface area (Å²) >= 11 is 3.47. The third-order valence-corrected chi connectivity index (χ3v) is 3.69. The first-order valence-electron chi connectivity index (χ1n) is 6.51. The first kappa shape index (κ1) is 14.0. The van der Waals surface area contributed by atoms with E-state index < -0.39 is 0 Å². The van der Waals surface area contributed by atoms with Crippen LogP contribution in [-0.4, -0.2) is 15.4 Å². The minimum Gasteiger partial charge on any atom is -0.414 e. The maximum Gasteiger partial charge on any atom is 0.270 e. The summed E-state index contributed by atoms with van der Waals surface area (Å²) in [6, 6.07) is 9.50. The van der Waals surface area contributed by atoms with Gasteiger partial charge in [0, 0.05) is 16.0 Å². The Bertz CT molecular complexity index is 771. The fourth-order valence-electron chi connectivity index (χ4n) is 1.80. The van der Waals surface area contributed by atoms with E-state index in [4.69, 9.17) is 8.94 Å². The van der Waals surface area contributed by atoms with Gasteiger partial charge in [-0.15, -0.1) is 10.2 Å². The van der Waals surface area contributed by atoms with Gasteiger partial charge in [0.1, 0.15) is 5.76 Å². The smallest absolute Gasteiger partial charge is 0.270 e. The Morgan fingerprint density at radius 2 is 1.76 bits per heavy atom. The Morgan fingerprint density at radius 3 is 2.43 bits per heavy atom. The molecule has 0 bridgehead atoms. The maximum absolute atomic E-state index is 5.69. The molecule has 0 N–H and O–H groups in total. The zero-order chi connectivity index (χ0) is 15.0. The molecule has 0 aliphatic heterocycles. The van der Waals surface area contributed by atoms with Crippen LogP contribution in [0.3, 0.4) is 0 Å². The van der Waals surface area contributed by atoms with Gasteiger partial charge in [0.05, 0.1) is 5.56 Å². The minimum absolute atomic E-state index is 0.115. The van der Waals surface area contributed by atoms with Crippen LogP contribution in [0, 0.1) is 0 Å². The second kappa shape index (κ2) is 5.11. The fourth-order valence-corrected chi connectivity index (χ4v) is 2.25. The fraction of sp³-hybridized carbons (Fsp3) is 0.267. The number of rotatable bonds is 2. The minimum atomic E-state index is -0.115. The molecule has 0 atom stereocenters. The van der Waals surface area contributed by atoms with Gasteiger partial charge in [0.15, 0.2) is 5.69 Å². The number of hydrogen-bond donors (Lipinski definition) is 0. The summed E-state index contributed by atoms with van der Waals surface area (Å²) in [5.74, 6) is 1.57. The van der Waals surface area contributed by atoms with E-state index in [0.29, 0.717) is 17.5 Å². The molecule has 0 aliphatic carbocycles. The Labute approximate surface area is 130 Å². The molecule has 0 unspecified atom stereocenters. The molecule has 2 aromatic heterocycles. The van der Waals surface area contributed by atoms with Crippen LogP contribution in [0.4, 0.5) is 0 Å². The highest BCUT2D eigenvalue weighted by molar-refractivity contribution is 9.10. The molecule has 0 radical (unpaired) electrons. The van der Waals surface area contributed by atoms with Crippen molar-refractivity contribution in [2.45, 2.75) is 26.2 Å². The number of nitrogens with zero attached hydrogens (tertiary/aromatic N) is 3. The number of hydrogen-bond acceptors (Lipinski definition) is 5. The molecule has 0 spiro atoms. The van der Waals surface area contributed by atoms with Crippen LogP contribution < -0.4 is 0 Å². The van der Waals surface area contributed by atoms with Gasteiger partial charge < -0.3 is 8.94 Å². The predicted molar refractivity (Wildman–Crippen MR) is 81.6 cm³/mol. The van der Waals surface area contributed by atoms with Crippen molar-refractivity contribution in [1.82, 2.24) is 15.4 Å². The average molecular weight is 348 g/mol. The highest BCUT2D eigenvalue weighted by Gasteiger charge is 2.22. The van der Waals surface area contributed by atoms with E-state index in [9.17, 15) is 0 Å². The second-order valence-corrected chi connectivity index (χ2v) is 6.57. The Morgan fingerprint density at radius 1 is 1.05 bits per heavy atom. The van der Waals surface area contributed by atoms with Gasteiger partial charge in [-0.2, -0.15) is 0 Å². The highest BCUT2D eigenvalue weighted by Crippen LogP contribution is 2.30. The summed E-state index contributed by atoms with van der Waals surface area (Å²) in [7, 11) is 0. The molecule has 6 heteroatoms. The summed E-state index contributed by atoms with van der Waals surface area (Å²) < 4.78 is 11.9. The van der Waals surface area contributed by atoms with Gasteiger partial charge in [-0.05, 0) is 28.1 Å². The van der Waals surface area contributed by atoms with E-state index in [1.54, 1.807) is 0 Å². The van der Waals surface area contributed by atoms with Crippen LogP contribution in [0.15, 0.2) is 43.7 Å². The monoisotopic (exact) mass is 347 g/mol. The summed E-state index contributed by atoms with van der Waals surface area (Å²) in [6.45, 7) is 6.16. The molecule has 0 fully saturated rings. The molecule has 3 rings (SSSR count). The predicted octanol–water partition coefficient (Wildman–Crippen LogP) is 4.45. The van der Waals surface area contributed by atoms with Crippen LogP contribution in [0.1, 0.15) is 26.5 Å². The van der Waals surface area contributed by atoms with E-state index in [2.05, 4.69) is 52.1 Å². The quantitative estimate of drug-likeness (QED) is 0.684. The van der Waals surface area contributed by atoms with E-state index in [1.165, 1.54) is 0 Å². The molecular formula is C15H14BrN3O2. The largest absolute Gasteiger partial charge is 0.414 e. The Balaban J connectivity index is 1.96. The van der Waals surface area contributed by atoms with Crippen molar-refractivity contribution in [2.75, 3.05) is 0 Å². The third-order valence-electron chi connectivity index (χ3n) is 3.00. The SMILES string of the molecule is CC(C)(C)c1cc(-c2nnc(-c3ccccc3Br)o2)no1. The van der Waals surface area contributed by atoms with E-state index in [-0.39, 0.29) is 5.41 Å². The van der Waals surface area contributed by atoms with Gasteiger partial charge in [-0.1, -0.05) is 38.1 Å². The number of aromatic nitrogens is 3. The van der Waals surface area contributed by atoms with Crippen molar-refractivity contribution < 1.29 is 8.94 Å². The molecule has 2 heterocycles.